The zero-order chi connectivity index (χ0) is 50.3. The third-order valence-corrected chi connectivity index (χ3v) is 10.3. The van der Waals surface area contributed by atoms with Gasteiger partial charge in [0.05, 0.1) is 11.1 Å². The molecule has 2 aliphatic heterocycles. The smallest absolute Gasteiger partial charge is 0.220 e. The summed E-state index contributed by atoms with van der Waals surface area (Å²) < 4.78 is 48.2. The third-order valence-electron chi connectivity index (χ3n) is 10.3. The van der Waals surface area contributed by atoms with Crippen LogP contribution >= 0.6 is 0 Å². The Labute approximate surface area is 394 Å². The topological polar surface area (TPSA) is 377 Å². The zero-order valence-corrected chi connectivity index (χ0v) is 35.1. The lowest BCUT2D eigenvalue weighted by molar-refractivity contribution is 0.296. The van der Waals surface area contributed by atoms with Gasteiger partial charge in [-0.3, -0.25) is 0 Å². The Bertz CT molecular complexity index is 3490. The highest BCUT2D eigenvalue weighted by Crippen LogP contribution is 2.68. The van der Waals surface area contributed by atoms with E-state index in [2.05, 4.69) is 0 Å². The van der Waals surface area contributed by atoms with Gasteiger partial charge >= 0.3 is 0 Å². The monoisotopic (exact) mass is 974 g/mol. The highest BCUT2D eigenvalue weighted by atomic mass is 16.6. The van der Waals surface area contributed by atoms with Crippen LogP contribution in [0.5, 0.6) is 178 Å². The molecule has 0 amide bonds. The van der Waals surface area contributed by atoms with Crippen molar-refractivity contribution in [3.05, 3.63) is 91.0 Å². The Morgan fingerprint density at radius 3 is 1.06 bits per heavy atom. The second kappa shape index (κ2) is 16.2. The van der Waals surface area contributed by atoms with Gasteiger partial charge in [0.15, 0.2) is 57.5 Å². The molecule has 360 valence electrons. The van der Waals surface area contributed by atoms with Crippen molar-refractivity contribution in [1.82, 2.24) is 0 Å². The molecule has 2 heterocycles. The molecule has 23 heteroatoms. The minimum absolute atomic E-state index is 0.256. The van der Waals surface area contributed by atoms with E-state index in [9.17, 15) is 76.6 Å². The first kappa shape index (κ1) is 44.0. The molecule has 0 radical (unpaired) electrons. The van der Waals surface area contributed by atoms with E-state index in [4.69, 9.17) is 37.9 Å². The Morgan fingerprint density at radius 2 is 0.563 bits per heavy atom. The molecule has 8 aromatic rings. The van der Waals surface area contributed by atoms with Gasteiger partial charge in [-0.2, -0.15) is 0 Å². The highest BCUT2D eigenvalue weighted by molar-refractivity contribution is 5.94. The van der Waals surface area contributed by atoms with E-state index in [0.717, 1.165) is 91.0 Å². The number of hydrogen-bond donors (Lipinski definition) is 15. The minimum atomic E-state index is -0.883. The predicted octanol–water partition coefficient (Wildman–Crippen LogP) is 9.90. The van der Waals surface area contributed by atoms with Crippen molar-refractivity contribution in [2.75, 3.05) is 0 Å². The average Bonchev–Trinajstić information content (AvgIpc) is 3.26. The van der Waals surface area contributed by atoms with Crippen molar-refractivity contribution in [1.29, 1.82) is 0 Å². The molecule has 0 saturated carbocycles. The van der Waals surface area contributed by atoms with Crippen molar-refractivity contribution in [3.8, 4) is 189 Å². The summed E-state index contributed by atoms with van der Waals surface area (Å²) in [6, 6.07) is 14.0. The molecule has 0 atom stereocenters. The number of ether oxygens (including phenoxy) is 8. The van der Waals surface area contributed by atoms with Crippen LogP contribution < -0.4 is 37.9 Å². The minimum Gasteiger partial charge on any atom is -0.508 e. The molecule has 71 heavy (non-hydrogen) atoms. The lowest BCUT2D eigenvalue weighted by atomic mass is 9.98. The quantitative estimate of drug-likeness (QED) is 0.0639. The Hall–Kier alpha value is -10.8. The first-order valence-electron chi connectivity index (χ1n) is 20.0. The largest absolute Gasteiger partial charge is 0.508 e. The number of aromatic hydroxyl groups is 15. The van der Waals surface area contributed by atoms with Gasteiger partial charge in [-0.15, -0.1) is 0 Å². The zero-order valence-electron chi connectivity index (χ0n) is 35.1. The molecule has 15 N–H and O–H groups in total. The molecule has 0 unspecified atom stereocenters. The van der Waals surface area contributed by atoms with E-state index in [1.807, 2.05) is 0 Å². The van der Waals surface area contributed by atoms with Gasteiger partial charge in [-0.05, 0) is 0 Å². The van der Waals surface area contributed by atoms with Gasteiger partial charge in [0, 0.05) is 91.0 Å². The van der Waals surface area contributed by atoms with Crippen LogP contribution in [0.4, 0.5) is 0 Å². The molecule has 23 nitrogen and oxygen atoms in total. The Kier molecular flexibility index (Phi) is 10.0. The summed E-state index contributed by atoms with van der Waals surface area (Å²) in [5.74, 6) is -19.2. The van der Waals surface area contributed by atoms with Crippen molar-refractivity contribution >= 4 is 0 Å². The number of hydrogen-bond acceptors (Lipinski definition) is 23. The van der Waals surface area contributed by atoms with Crippen LogP contribution in [0.25, 0.3) is 11.1 Å². The molecular formula is C48H30O23. The van der Waals surface area contributed by atoms with Gasteiger partial charge in [0.2, 0.25) is 51.7 Å². The van der Waals surface area contributed by atoms with Crippen LogP contribution in [0, 0.1) is 0 Å². The number of fused-ring (bicyclic) bond motifs is 4. The van der Waals surface area contributed by atoms with Crippen LogP contribution in [0.2, 0.25) is 0 Å². The fourth-order valence-corrected chi connectivity index (χ4v) is 7.45. The first-order chi connectivity index (χ1) is 33.8. The lowest BCUT2D eigenvalue weighted by Crippen LogP contribution is -2.07. The van der Waals surface area contributed by atoms with Crippen molar-refractivity contribution in [3.63, 3.8) is 0 Å². The molecule has 0 saturated heterocycles. The summed E-state index contributed by atoms with van der Waals surface area (Å²) in [5.41, 5.74) is -1.07. The maximum absolute atomic E-state index is 11.8. The van der Waals surface area contributed by atoms with E-state index in [1.165, 1.54) is 0 Å². The summed E-state index contributed by atoms with van der Waals surface area (Å²) in [6.07, 6.45) is 0. The molecule has 0 aromatic heterocycles. The predicted molar refractivity (Wildman–Crippen MR) is 236 cm³/mol. The fraction of sp³-hybridized carbons (Fsp3) is 0. The normalized spacial score (nSPS) is 11.8. The van der Waals surface area contributed by atoms with Gasteiger partial charge in [0.25, 0.3) is 0 Å². The number of phenolic OH excluding ortho intramolecular Hbond substituents is 15. The molecule has 0 bridgehead atoms. The van der Waals surface area contributed by atoms with E-state index < -0.39 is 172 Å². The van der Waals surface area contributed by atoms with Gasteiger partial charge < -0.3 is 114 Å². The molecule has 0 fully saturated rings. The van der Waals surface area contributed by atoms with Crippen LogP contribution in [-0.4, -0.2) is 76.6 Å². The highest BCUT2D eigenvalue weighted by Gasteiger charge is 2.41. The summed E-state index contributed by atoms with van der Waals surface area (Å²) in [4.78, 5) is 0. The molecule has 10 rings (SSSR count). The second-order valence-corrected chi connectivity index (χ2v) is 15.3. The molecule has 8 aromatic carbocycles. The van der Waals surface area contributed by atoms with Crippen molar-refractivity contribution in [2.45, 2.75) is 0 Å². The fourth-order valence-electron chi connectivity index (χ4n) is 7.45. The van der Waals surface area contributed by atoms with E-state index >= 15 is 0 Å². The average molecular weight is 975 g/mol. The lowest BCUT2D eigenvalue weighted by Gasteiger charge is -2.30. The summed E-state index contributed by atoms with van der Waals surface area (Å²) in [7, 11) is 0. The molecule has 0 aliphatic carbocycles. The van der Waals surface area contributed by atoms with Gasteiger partial charge in [-0.1, -0.05) is 0 Å². The van der Waals surface area contributed by atoms with Gasteiger partial charge in [0.1, 0.15) is 69.0 Å². The summed E-state index contributed by atoms with van der Waals surface area (Å²) in [6.45, 7) is 0. The molecule has 2 aliphatic rings. The summed E-state index contributed by atoms with van der Waals surface area (Å²) >= 11 is 0. The van der Waals surface area contributed by atoms with Crippen molar-refractivity contribution < 1.29 is 114 Å². The number of benzene rings is 8. The third kappa shape index (κ3) is 7.83. The summed E-state index contributed by atoms with van der Waals surface area (Å²) in [5, 5.41) is 161. The van der Waals surface area contributed by atoms with Crippen LogP contribution in [0.15, 0.2) is 91.0 Å². The van der Waals surface area contributed by atoms with Crippen LogP contribution in [0.1, 0.15) is 0 Å². The maximum atomic E-state index is 11.8. The van der Waals surface area contributed by atoms with E-state index in [1.54, 1.807) is 0 Å². The SMILES string of the molecule is Oc1cc(O)cc(Oc2cc(O)c3c(c2-c2c(O)cc(O)c4c2Oc2c(O)cc(Oc5c(O)cc(O)cc5O)c(Oc5cc(O)cc(O)c5)c2O4)Oc2c(O)cc(O)c(Oc4cc(O)cc(O)c4)c2O3)c1. The number of rotatable bonds is 9. The first-order valence-corrected chi connectivity index (χ1v) is 20.0. The van der Waals surface area contributed by atoms with E-state index in [0.29, 0.717) is 0 Å². The Balaban J connectivity index is 1.17. The maximum Gasteiger partial charge on any atom is 0.220 e. The number of phenols is 15. The van der Waals surface area contributed by atoms with Crippen molar-refractivity contribution in [2.24, 2.45) is 0 Å². The molecular weight excluding hydrogens is 945 g/mol. The van der Waals surface area contributed by atoms with Crippen LogP contribution in [-0.2, 0) is 0 Å². The second-order valence-electron chi connectivity index (χ2n) is 15.3. The Morgan fingerprint density at radius 1 is 0.225 bits per heavy atom. The molecule has 0 spiro atoms. The standard InChI is InChI=1S/C48H30O23/c49-16-1-17(50)5-23(4-16)64-34-14-32(62)40-46(69-42-31(61)13-30(60)41(47(42)70-40)65-24-6-18(51)2-19(52)7-24)37(34)36-26(56)12-29(59)39-45(36)68-43-33(63)15-35(67-38-27(57)10-22(55)11-28(38)58)44(48(43)71-39)66-25-8-20(53)3-21(54)9-25/h1-15,49-63H. The van der Waals surface area contributed by atoms with Crippen LogP contribution in [0.3, 0.4) is 0 Å². The van der Waals surface area contributed by atoms with E-state index in [-0.39, 0.29) is 17.2 Å². The van der Waals surface area contributed by atoms with Gasteiger partial charge in [-0.25, -0.2) is 0 Å².